The summed E-state index contributed by atoms with van der Waals surface area (Å²) in [6.45, 7) is 5.05. The summed E-state index contributed by atoms with van der Waals surface area (Å²) in [6.07, 6.45) is 10.1. The molecule has 1 aliphatic rings. The molecule has 0 aromatic heterocycles. The molecule has 0 amide bonds. The van der Waals surface area contributed by atoms with Crippen LogP contribution in [0.15, 0.2) is 60.7 Å². The number of carbonyl (C=O) groups excluding carboxylic acids is 1. The maximum atomic E-state index is 11.5. The van der Waals surface area contributed by atoms with Gasteiger partial charge in [-0.15, -0.1) is 0 Å². The highest BCUT2D eigenvalue weighted by atomic mass is 16.6. The van der Waals surface area contributed by atoms with Crippen LogP contribution in [0.3, 0.4) is 0 Å². The molecule has 2 aromatic carbocycles. The quantitative estimate of drug-likeness (QED) is 0.131. The van der Waals surface area contributed by atoms with Crippen LogP contribution in [0.1, 0.15) is 82.3 Å². The minimum atomic E-state index is -0.135. The summed E-state index contributed by atoms with van der Waals surface area (Å²) in [5.74, 6) is -0.135. The summed E-state index contributed by atoms with van der Waals surface area (Å²) in [6, 6.07) is 20.8. The van der Waals surface area contributed by atoms with Gasteiger partial charge in [0.05, 0.1) is 38.6 Å². The van der Waals surface area contributed by atoms with E-state index in [1.165, 1.54) is 43.9 Å². The van der Waals surface area contributed by atoms with E-state index in [0.29, 0.717) is 19.6 Å². The van der Waals surface area contributed by atoms with Crippen molar-refractivity contribution in [3.8, 4) is 0 Å². The number of ether oxygens (including phenoxy) is 4. The first-order chi connectivity index (χ1) is 19.6. The molecule has 0 unspecified atom stereocenters. The van der Waals surface area contributed by atoms with Crippen LogP contribution in [0.25, 0.3) is 0 Å². The Kier molecular flexibility index (Phi) is 15.3. The first-order valence-electron chi connectivity index (χ1n) is 15.3. The number of benzene rings is 2. The van der Waals surface area contributed by atoms with Crippen molar-refractivity contribution < 1.29 is 23.7 Å². The molecule has 0 saturated heterocycles. The molecular formula is C34H51NO5. The highest BCUT2D eigenvalue weighted by molar-refractivity contribution is 5.68. The van der Waals surface area contributed by atoms with Crippen molar-refractivity contribution in [2.24, 2.45) is 0 Å². The zero-order chi connectivity index (χ0) is 28.4. The van der Waals surface area contributed by atoms with Crippen molar-refractivity contribution in [2.75, 3.05) is 27.3 Å². The van der Waals surface area contributed by atoms with E-state index < -0.39 is 0 Å². The highest BCUT2D eigenvalue weighted by Crippen LogP contribution is 2.33. The highest BCUT2D eigenvalue weighted by Gasteiger charge is 2.47. The number of hydrogen-bond donors (Lipinski definition) is 0. The maximum absolute atomic E-state index is 11.5. The number of carbonyl (C=O) groups is 1. The monoisotopic (exact) mass is 553 g/mol. The SMILES string of the molecule is CCCCCCCO[C@@H]1[C@@H](N(C)CCCCCC(=O)OC)[C@H](OCc2ccccc2)C[C@@H]1OCc1ccccc1. The second-order valence-electron chi connectivity index (χ2n) is 11.0. The molecule has 0 N–H and O–H groups in total. The van der Waals surface area contributed by atoms with Gasteiger partial charge in [0.1, 0.15) is 6.10 Å². The summed E-state index contributed by atoms with van der Waals surface area (Å²) in [5, 5.41) is 0. The van der Waals surface area contributed by atoms with Crippen LogP contribution in [0.5, 0.6) is 0 Å². The lowest BCUT2D eigenvalue weighted by molar-refractivity contribution is -0.140. The molecule has 40 heavy (non-hydrogen) atoms. The topological polar surface area (TPSA) is 57.2 Å². The number of unbranched alkanes of at least 4 members (excludes halogenated alkanes) is 6. The molecule has 0 radical (unpaired) electrons. The van der Waals surface area contributed by atoms with Crippen molar-refractivity contribution >= 4 is 5.97 Å². The molecule has 4 atom stereocenters. The van der Waals surface area contributed by atoms with Crippen molar-refractivity contribution in [1.82, 2.24) is 4.90 Å². The molecule has 6 nitrogen and oxygen atoms in total. The maximum Gasteiger partial charge on any atom is 0.305 e. The van der Waals surface area contributed by atoms with Gasteiger partial charge in [-0.05, 0) is 44.0 Å². The first kappa shape index (κ1) is 32.3. The zero-order valence-corrected chi connectivity index (χ0v) is 25.0. The smallest absolute Gasteiger partial charge is 0.305 e. The number of likely N-dealkylation sites (N-methyl/N-ethyl adjacent to an activating group) is 1. The van der Waals surface area contributed by atoms with E-state index in [4.69, 9.17) is 18.9 Å². The third-order valence-corrected chi connectivity index (χ3v) is 7.85. The van der Waals surface area contributed by atoms with E-state index in [9.17, 15) is 4.79 Å². The molecular weight excluding hydrogens is 502 g/mol. The van der Waals surface area contributed by atoms with Crippen LogP contribution < -0.4 is 0 Å². The standard InChI is InChI=1S/C34H51NO5/c1-4-5-6-7-17-24-38-34-31(40-27-29-20-13-9-14-21-29)25-30(39-26-28-18-11-8-12-19-28)33(34)35(2)23-16-10-15-22-32(36)37-3/h8-9,11-14,18-21,30-31,33-34H,4-7,10,15-17,22-27H2,1-3H3/t30-,31+,33+,34+/m1/s1. The molecule has 3 rings (SSSR count). The largest absolute Gasteiger partial charge is 0.469 e. The summed E-state index contributed by atoms with van der Waals surface area (Å²) in [7, 11) is 3.63. The molecule has 0 spiro atoms. The molecule has 6 heteroatoms. The number of rotatable bonds is 20. The number of esters is 1. The van der Waals surface area contributed by atoms with Crippen molar-refractivity contribution in [3.63, 3.8) is 0 Å². The fourth-order valence-corrected chi connectivity index (χ4v) is 5.54. The molecule has 0 bridgehead atoms. The Bertz CT molecular complexity index is 924. The lowest BCUT2D eigenvalue weighted by Crippen LogP contribution is -2.48. The van der Waals surface area contributed by atoms with Gasteiger partial charge in [-0.2, -0.15) is 0 Å². The minimum Gasteiger partial charge on any atom is -0.469 e. The molecule has 2 aromatic rings. The average Bonchev–Trinajstić information content (AvgIpc) is 3.34. The molecule has 0 heterocycles. The van der Waals surface area contributed by atoms with Gasteiger partial charge in [-0.25, -0.2) is 0 Å². The van der Waals surface area contributed by atoms with Gasteiger partial charge in [0.15, 0.2) is 0 Å². The zero-order valence-electron chi connectivity index (χ0n) is 25.0. The Morgan fingerprint density at radius 1 is 0.775 bits per heavy atom. The van der Waals surface area contributed by atoms with Crippen LogP contribution >= 0.6 is 0 Å². The Balaban J connectivity index is 1.68. The summed E-state index contributed by atoms with van der Waals surface area (Å²) in [5.41, 5.74) is 2.35. The summed E-state index contributed by atoms with van der Waals surface area (Å²) >= 11 is 0. The van der Waals surface area contributed by atoms with Crippen molar-refractivity contribution in [1.29, 1.82) is 0 Å². The lowest BCUT2D eigenvalue weighted by Gasteiger charge is -2.34. The van der Waals surface area contributed by atoms with E-state index in [1.54, 1.807) is 0 Å². The van der Waals surface area contributed by atoms with Gasteiger partial charge in [-0.3, -0.25) is 9.69 Å². The molecule has 1 aliphatic carbocycles. The fourth-order valence-electron chi connectivity index (χ4n) is 5.54. The Morgan fingerprint density at radius 3 is 2.00 bits per heavy atom. The third-order valence-electron chi connectivity index (χ3n) is 7.85. The van der Waals surface area contributed by atoms with Crippen LogP contribution in [-0.4, -0.2) is 62.5 Å². The number of methoxy groups -OCH3 is 1. The molecule has 222 valence electrons. The Morgan fingerprint density at radius 2 is 1.38 bits per heavy atom. The van der Waals surface area contributed by atoms with E-state index in [-0.39, 0.29) is 30.3 Å². The van der Waals surface area contributed by atoms with Gasteiger partial charge in [0.25, 0.3) is 0 Å². The van der Waals surface area contributed by atoms with E-state index in [0.717, 1.165) is 45.3 Å². The van der Waals surface area contributed by atoms with Crippen molar-refractivity contribution in [3.05, 3.63) is 71.8 Å². The van der Waals surface area contributed by atoms with Gasteiger partial charge < -0.3 is 18.9 Å². The van der Waals surface area contributed by atoms with Crippen LogP contribution in [-0.2, 0) is 37.0 Å². The van der Waals surface area contributed by atoms with Gasteiger partial charge >= 0.3 is 5.97 Å². The second-order valence-corrected chi connectivity index (χ2v) is 11.0. The predicted octanol–water partition coefficient (Wildman–Crippen LogP) is 6.95. The van der Waals surface area contributed by atoms with Crippen LogP contribution in [0, 0.1) is 0 Å². The van der Waals surface area contributed by atoms with E-state index in [1.807, 2.05) is 12.1 Å². The molecule has 1 saturated carbocycles. The first-order valence-corrected chi connectivity index (χ1v) is 15.3. The molecule has 1 fully saturated rings. The second kappa shape index (κ2) is 19.0. The van der Waals surface area contributed by atoms with Crippen LogP contribution in [0.4, 0.5) is 0 Å². The predicted molar refractivity (Wildman–Crippen MR) is 160 cm³/mol. The number of nitrogens with zero attached hydrogens (tertiary/aromatic N) is 1. The summed E-state index contributed by atoms with van der Waals surface area (Å²) < 4.78 is 24.6. The van der Waals surface area contributed by atoms with Gasteiger partial charge in [0, 0.05) is 19.4 Å². The third kappa shape index (κ3) is 11.3. The lowest BCUT2D eigenvalue weighted by atomic mass is 10.1. The number of hydrogen-bond acceptors (Lipinski definition) is 6. The van der Waals surface area contributed by atoms with Gasteiger partial charge in [0.2, 0.25) is 0 Å². The van der Waals surface area contributed by atoms with Crippen molar-refractivity contribution in [2.45, 2.75) is 109 Å². The fraction of sp³-hybridized carbons (Fsp3) is 0.618. The normalized spacial score (nSPS) is 20.7. The van der Waals surface area contributed by atoms with E-state index in [2.05, 4.69) is 67.4 Å². The average molecular weight is 554 g/mol. The molecule has 0 aliphatic heterocycles. The summed E-state index contributed by atoms with van der Waals surface area (Å²) in [4.78, 5) is 13.9. The minimum absolute atomic E-state index is 0.00569. The van der Waals surface area contributed by atoms with Crippen LogP contribution in [0.2, 0.25) is 0 Å². The Labute approximate surface area is 242 Å². The Hall–Kier alpha value is -2.25. The van der Waals surface area contributed by atoms with E-state index >= 15 is 0 Å². The van der Waals surface area contributed by atoms with Gasteiger partial charge in [-0.1, -0.05) is 99.7 Å².